The van der Waals surface area contributed by atoms with Gasteiger partial charge in [-0.3, -0.25) is 4.79 Å². The minimum Gasteiger partial charge on any atom is -0.379 e. The number of hydrogen-bond donors (Lipinski definition) is 0. The van der Waals surface area contributed by atoms with Gasteiger partial charge in [0.1, 0.15) is 0 Å². The van der Waals surface area contributed by atoms with Crippen molar-refractivity contribution in [1.82, 2.24) is 8.87 Å². The highest BCUT2D eigenvalue weighted by atomic mass is 79.9. The number of anilines is 1. The Morgan fingerprint density at radius 1 is 1.00 bits per heavy atom. The van der Waals surface area contributed by atoms with Crippen molar-refractivity contribution >= 4 is 49.2 Å². The zero-order chi connectivity index (χ0) is 25.8. The number of amides is 1. The molecule has 1 saturated heterocycles. The highest BCUT2D eigenvalue weighted by Gasteiger charge is 2.33. The molecule has 3 heterocycles. The number of benzene rings is 2. The number of likely N-dealkylation sites (N-methyl/N-ethyl adjacent to an activating group) is 1. The molecule has 2 aliphatic heterocycles. The Balaban J connectivity index is 1.59. The van der Waals surface area contributed by atoms with Gasteiger partial charge in [-0.2, -0.15) is 4.31 Å². The summed E-state index contributed by atoms with van der Waals surface area (Å²) in [6, 6.07) is 13.2. The molecule has 0 atom stereocenters. The van der Waals surface area contributed by atoms with E-state index in [-0.39, 0.29) is 10.8 Å². The fourth-order valence-corrected chi connectivity index (χ4v) is 6.60. The first kappa shape index (κ1) is 25.0. The Bertz CT molecular complexity index is 1520. The first-order valence-electron chi connectivity index (χ1n) is 11.8. The van der Waals surface area contributed by atoms with E-state index in [1.807, 2.05) is 26.0 Å². The third-order valence-electron chi connectivity index (χ3n) is 6.93. The molecule has 1 fully saturated rings. The minimum atomic E-state index is -3.68. The molecule has 36 heavy (non-hydrogen) atoms. The summed E-state index contributed by atoms with van der Waals surface area (Å²) in [6.07, 6.45) is 1.88. The lowest BCUT2D eigenvalue weighted by Crippen LogP contribution is -2.40. The second-order valence-electron chi connectivity index (χ2n) is 9.21. The highest BCUT2D eigenvalue weighted by molar-refractivity contribution is 9.10. The molecule has 0 spiro atoms. The summed E-state index contributed by atoms with van der Waals surface area (Å²) in [5.74, 6) is -0.157. The van der Waals surface area contributed by atoms with Crippen LogP contribution in [0.1, 0.15) is 28.1 Å². The molecule has 7 nitrogen and oxygen atoms in total. The Hall–Kier alpha value is -2.72. The number of rotatable bonds is 4. The SMILES string of the molecule is Cc1cc(-n2c(C)cc(/C=C3\C(=O)N(C)c4ccc(S(=O)(=O)N5CCOCC5)cc43)c2C)ccc1Br. The molecule has 0 N–H and O–H groups in total. The van der Waals surface area contributed by atoms with Crippen molar-refractivity contribution in [2.24, 2.45) is 0 Å². The van der Waals surface area contributed by atoms with Gasteiger partial charge in [0.25, 0.3) is 5.91 Å². The van der Waals surface area contributed by atoms with Crippen LogP contribution in [0.15, 0.2) is 51.8 Å². The lowest BCUT2D eigenvalue weighted by molar-refractivity contribution is -0.112. The Morgan fingerprint density at radius 2 is 1.72 bits per heavy atom. The number of carbonyl (C=O) groups excluding carboxylic acids is 1. The maximum atomic E-state index is 13.3. The summed E-state index contributed by atoms with van der Waals surface area (Å²) in [6.45, 7) is 7.52. The molecule has 188 valence electrons. The maximum absolute atomic E-state index is 13.3. The number of fused-ring (bicyclic) bond motifs is 1. The lowest BCUT2D eigenvalue weighted by atomic mass is 10.0. The van der Waals surface area contributed by atoms with Gasteiger partial charge in [-0.25, -0.2) is 8.42 Å². The van der Waals surface area contributed by atoms with Gasteiger partial charge < -0.3 is 14.2 Å². The van der Waals surface area contributed by atoms with Crippen LogP contribution in [0.5, 0.6) is 0 Å². The maximum Gasteiger partial charge on any atom is 0.258 e. The van der Waals surface area contributed by atoms with Gasteiger partial charge in [0.05, 0.1) is 23.8 Å². The third-order valence-corrected chi connectivity index (χ3v) is 9.72. The van der Waals surface area contributed by atoms with Gasteiger partial charge in [-0.1, -0.05) is 15.9 Å². The van der Waals surface area contributed by atoms with Crippen LogP contribution >= 0.6 is 15.9 Å². The molecule has 0 unspecified atom stereocenters. The van der Waals surface area contributed by atoms with E-state index in [2.05, 4.69) is 45.6 Å². The first-order chi connectivity index (χ1) is 17.1. The van der Waals surface area contributed by atoms with E-state index in [9.17, 15) is 13.2 Å². The van der Waals surface area contributed by atoms with Crippen LogP contribution in [0.3, 0.4) is 0 Å². The average molecular weight is 571 g/mol. The van der Waals surface area contributed by atoms with E-state index in [0.717, 1.165) is 32.7 Å². The molecular formula is C27H28BrN3O4S. The molecule has 0 aliphatic carbocycles. The number of halogens is 1. The monoisotopic (exact) mass is 569 g/mol. The largest absolute Gasteiger partial charge is 0.379 e. The van der Waals surface area contributed by atoms with Crippen molar-refractivity contribution in [3.05, 3.63) is 75.0 Å². The number of ether oxygens (including phenoxy) is 1. The molecule has 0 radical (unpaired) electrons. The summed E-state index contributed by atoms with van der Waals surface area (Å²) in [4.78, 5) is 15.0. The van der Waals surface area contributed by atoms with Gasteiger partial charge in [-0.05, 0) is 80.4 Å². The van der Waals surface area contributed by atoms with E-state index in [1.165, 1.54) is 4.31 Å². The van der Waals surface area contributed by atoms with Crippen LogP contribution in [0.4, 0.5) is 5.69 Å². The molecule has 1 aromatic heterocycles. The van der Waals surface area contributed by atoms with E-state index in [0.29, 0.717) is 43.1 Å². The molecule has 1 amide bonds. The Morgan fingerprint density at radius 3 is 2.42 bits per heavy atom. The number of aryl methyl sites for hydroxylation is 2. The van der Waals surface area contributed by atoms with Crippen LogP contribution in [-0.2, 0) is 19.6 Å². The summed E-state index contributed by atoms with van der Waals surface area (Å²) < 4.78 is 36.5. The number of morpholine rings is 1. The van der Waals surface area contributed by atoms with Crippen molar-refractivity contribution in [3.8, 4) is 5.69 Å². The molecule has 0 saturated carbocycles. The third kappa shape index (κ3) is 4.14. The van der Waals surface area contributed by atoms with Crippen LogP contribution in [0.25, 0.3) is 17.3 Å². The second kappa shape index (κ2) is 9.30. The number of sulfonamides is 1. The minimum absolute atomic E-state index is 0.157. The molecule has 5 rings (SSSR count). The zero-order valence-corrected chi connectivity index (χ0v) is 23.1. The van der Waals surface area contributed by atoms with Crippen molar-refractivity contribution in [2.45, 2.75) is 25.7 Å². The van der Waals surface area contributed by atoms with E-state index >= 15 is 0 Å². The number of aromatic nitrogens is 1. The molecule has 2 aromatic carbocycles. The van der Waals surface area contributed by atoms with Gasteiger partial charge in [0.2, 0.25) is 10.0 Å². The molecule has 9 heteroatoms. The Kier molecular flexibility index (Phi) is 6.45. The van der Waals surface area contributed by atoms with Crippen molar-refractivity contribution in [1.29, 1.82) is 0 Å². The van der Waals surface area contributed by atoms with E-state index in [1.54, 1.807) is 30.1 Å². The highest BCUT2D eigenvalue weighted by Crippen LogP contribution is 2.39. The first-order valence-corrected chi connectivity index (χ1v) is 14.0. The normalized spacial score (nSPS) is 17.8. The zero-order valence-electron chi connectivity index (χ0n) is 20.7. The Labute approximate surface area is 220 Å². The summed E-state index contributed by atoms with van der Waals surface area (Å²) in [7, 11) is -1.97. The van der Waals surface area contributed by atoms with E-state index < -0.39 is 10.0 Å². The predicted octanol–water partition coefficient (Wildman–Crippen LogP) is 4.70. The summed E-state index contributed by atoms with van der Waals surface area (Å²) in [5, 5.41) is 0. The van der Waals surface area contributed by atoms with Crippen LogP contribution < -0.4 is 4.90 Å². The topological polar surface area (TPSA) is 71.9 Å². The fourth-order valence-electron chi connectivity index (χ4n) is 4.92. The molecule has 2 aliphatic rings. The van der Waals surface area contributed by atoms with Crippen molar-refractivity contribution < 1.29 is 17.9 Å². The lowest BCUT2D eigenvalue weighted by Gasteiger charge is -2.26. The fraction of sp³-hybridized carbons (Fsp3) is 0.296. The molecular weight excluding hydrogens is 542 g/mol. The van der Waals surface area contributed by atoms with Gasteiger partial charge in [0, 0.05) is 52.8 Å². The van der Waals surface area contributed by atoms with Crippen molar-refractivity contribution in [2.75, 3.05) is 38.3 Å². The summed E-state index contributed by atoms with van der Waals surface area (Å²) in [5.41, 5.74) is 6.95. The van der Waals surface area contributed by atoms with E-state index in [4.69, 9.17) is 4.74 Å². The number of hydrogen-bond acceptors (Lipinski definition) is 4. The van der Waals surface area contributed by atoms with Gasteiger partial charge in [-0.15, -0.1) is 0 Å². The van der Waals surface area contributed by atoms with Crippen molar-refractivity contribution in [3.63, 3.8) is 0 Å². The van der Waals surface area contributed by atoms with Gasteiger partial charge >= 0.3 is 0 Å². The second-order valence-corrected chi connectivity index (χ2v) is 12.0. The smallest absolute Gasteiger partial charge is 0.258 e. The van der Waals surface area contributed by atoms with Crippen LogP contribution in [0, 0.1) is 20.8 Å². The average Bonchev–Trinajstić information content (AvgIpc) is 3.28. The number of carbonyl (C=O) groups is 1. The molecule has 3 aromatic rings. The van der Waals surface area contributed by atoms with Crippen LogP contribution in [-0.4, -0.2) is 56.5 Å². The van der Waals surface area contributed by atoms with Gasteiger partial charge in [0.15, 0.2) is 0 Å². The number of nitrogens with zero attached hydrogens (tertiary/aromatic N) is 3. The quantitative estimate of drug-likeness (QED) is 0.427. The standard InChI is InChI=1S/C27H28BrN3O4S/c1-17-13-21(5-7-25(17)28)31-18(2)14-20(19(31)3)15-24-23-16-22(6-8-26(23)29(4)27(24)32)36(33,34)30-9-11-35-12-10-30/h5-8,13-16H,9-12H2,1-4H3/b24-15-. The predicted molar refractivity (Wildman–Crippen MR) is 145 cm³/mol. The summed E-state index contributed by atoms with van der Waals surface area (Å²) >= 11 is 3.56. The molecule has 0 bridgehead atoms. The van der Waals surface area contributed by atoms with Crippen LogP contribution in [0.2, 0.25) is 0 Å².